The molecule has 0 saturated carbocycles. The van der Waals surface area contributed by atoms with Crippen LogP contribution in [0.25, 0.3) is 0 Å². The van der Waals surface area contributed by atoms with Crippen LogP contribution in [0.3, 0.4) is 0 Å². The number of aryl methyl sites for hydroxylation is 1. The van der Waals surface area contributed by atoms with Gasteiger partial charge in [-0.25, -0.2) is 4.98 Å². The highest BCUT2D eigenvalue weighted by molar-refractivity contribution is 5.92. The van der Waals surface area contributed by atoms with Gasteiger partial charge < -0.3 is 18.8 Å². The average Bonchev–Trinajstić information content (AvgIpc) is 3.27. The average molecular weight is 357 g/mol. The number of aromatic nitrogens is 2. The van der Waals surface area contributed by atoms with Crippen molar-refractivity contribution in [2.24, 2.45) is 5.41 Å². The summed E-state index contributed by atoms with van der Waals surface area (Å²) in [6.07, 6.45) is 7.70. The van der Waals surface area contributed by atoms with E-state index in [0.717, 1.165) is 44.7 Å². The first-order valence-corrected chi connectivity index (χ1v) is 8.99. The van der Waals surface area contributed by atoms with E-state index in [-0.39, 0.29) is 17.4 Å². The second-order valence-electron chi connectivity index (χ2n) is 7.20. The third-order valence-corrected chi connectivity index (χ3v) is 5.41. The summed E-state index contributed by atoms with van der Waals surface area (Å²) in [5.74, 6) is 1.05. The molecule has 26 heavy (non-hydrogen) atoms. The van der Waals surface area contributed by atoms with Gasteiger partial charge in [0.15, 0.2) is 6.39 Å². The summed E-state index contributed by atoms with van der Waals surface area (Å²) >= 11 is 0. The van der Waals surface area contributed by atoms with Crippen LogP contribution >= 0.6 is 0 Å². The Morgan fingerprint density at radius 1 is 1.42 bits per heavy atom. The number of pyridine rings is 1. The minimum atomic E-state index is -0.0646. The van der Waals surface area contributed by atoms with Crippen LogP contribution in [0.1, 0.15) is 35.5 Å². The van der Waals surface area contributed by atoms with Crippen LogP contribution in [0.4, 0.5) is 0 Å². The van der Waals surface area contributed by atoms with E-state index in [1.165, 1.54) is 6.39 Å². The zero-order valence-electron chi connectivity index (χ0n) is 14.9. The summed E-state index contributed by atoms with van der Waals surface area (Å²) in [5, 5.41) is 0. The van der Waals surface area contributed by atoms with Gasteiger partial charge in [-0.3, -0.25) is 9.78 Å². The van der Waals surface area contributed by atoms with Gasteiger partial charge in [-0.05, 0) is 43.7 Å². The van der Waals surface area contributed by atoms with Crippen LogP contribution < -0.4 is 4.74 Å². The molecule has 2 aliphatic heterocycles. The number of carbonyl (C=O) groups excluding carboxylic acids is 1. The number of piperidine rings is 1. The van der Waals surface area contributed by atoms with Crippen molar-refractivity contribution in [1.82, 2.24) is 14.9 Å². The molecule has 1 amide bonds. The van der Waals surface area contributed by atoms with Crippen LogP contribution in [0.5, 0.6) is 5.75 Å². The van der Waals surface area contributed by atoms with E-state index >= 15 is 0 Å². The molecule has 2 saturated heterocycles. The van der Waals surface area contributed by atoms with Crippen molar-refractivity contribution in [3.05, 3.63) is 42.4 Å². The van der Waals surface area contributed by atoms with Gasteiger partial charge in [-0.1, -0.05) is 0 Å². The summed E-state index contributed by atoms with van der Waals surface area (Å²) < 4.78 is 17.0. The van der Waals surface area contributed by atoms with E-state index in [9.17, 15) is 4.79 Å². The Balaban J connectivity index is 1.29. The van der Waals surface area contributed by atoms with Crippen molar-refractivity contribution < 1.29 is 18.7 Å². The molecule has 4 heterocycles. The monoisotopic (exact) mass is 357 g/mol. The van der Waals surface area contributed by atoms with Crippen LogP contribution in [-0.2, 0) is 4.74 Å². The first-order valence-electron chi connectivity index (χ1n) is 8.99. The number of hydrogen-bond donors (Lipinski definition) is 0. The number of likely N-dealkylation sites (tertiary alicyclic amines) is 1. The highest BCUT2D eigenvalue weighted by atomic mass is 16.5. The largest absolute Gasteiger partial charge is 0.489 e. The Kier molecular flexibility index (Phi) is 4.63. The van der Waals surface area contributed by atoms with Gasteiger partial charge in [0.05, 0.1) is 24.6 Å². The van der Waals surface area contributed by atoms with Crippen molar-refractivity contribution >= 4 is 5.91 Å². The maximum atomic E-state index is 12.5. The molecule has 4 rings (SSSR count). The van der Waals surface area contributed by atoms with Crippen molar-refractivity contribution in [1.29, 1.82) is 0 Å². The molecule has 0 radical (unpaired) electrons. The first-order chi connectivity index (χ1) is 12.7. The van der Waals surface area contributed by atoms with Crippen molar-refractivity contribution in [2.75, 3.05) is 26.3 Å². The van der Waals surface area contributed by atoms with Crippen LogP contribution in [-0.4, -0.2) is 53.2 Å². The highest BCUT2D eigenvalue weighted by Crippen LogP contribution is 2.42. The molecule has 2 aromatic rings. The molecular formula is C19H23N3O4. The second-order valence-corrected chi connectivity index (χ2v) is 7.20. The van der Waals surface area contributed by atoms with Crippen LogP contribution in [0.2, 0.25) is 0 Å². The van der Waals surface area contributed by atoms with Crippen molar-refractivity contribution in [3.8, 4) is 5.75 Å². The zero-order valence-corrected chi connectivity index (χ0v) is 14.9. The van der Waals surface area contributed by atoms with Crippen molar-refractivity contribution in [2.45, 2.75) is 32.3 Å². The number of carbonyl (C=O) groups is 1. The Hall–Kier alpha value is -2.41. The summed E-state index contributed by atoms with van der Waals surface area (Å²) in [5.41, 5.74) is 0.794. The van der Waals surface area contributed by atoms with Crippen LogP contribution in [0.15, 0.2) is 35.3 Å². The van der Waals surface area contributed by atoms with E-state index in [0.29, 0.717) is 18.1 Å². The fourth-order valence-electron chi connectivity index (χ4n) is 3.81. The van der Waals surface area contributed by atoms with Gasteiger partial charge in [0.1, 0.15) is 12.4 Å². The van der Waals surface area contributed by atoms with Crippen molar-refractivity contribution in [3.63, 3.8) is 0 Å². The van der Waals surface area contributed by atoms with Crippen LogP contribution in [0, 0.1) is 12.3 Å². The molecule has 2 aliphatic rings. The predicted octanol–water partition coefficient (Wildman–Crippen LogP) is 2.47. The Bertz CT molecular complexity index is 753. The third-order valence-electron chi connectivity index (χ3n) is 5.41. The number of rotatable bonds is 4. The van der Waals surface area contributed by atoms with E-state index in [1.54, 1.807) is 19.3 Å². The van der Waals surface area contributed by atoms with Gasteiger partial charge in [-0.2, -0.15) is 0 Å². The Labute approximate surface area is 152 Å². The minimum absolute atomic E-state index is 0.0646. The topological polar surface area (TPSA) is 77.7 Å². The number of nitrogens with zero attached hydrogens (tertiary/aromatic N) is 3. The number of ether oxygens (including phenoxy) is 2. The fourth-order valence-corrected chi connectivity index (χ4v) is 3.81. The molecule has 138 valence electrons. The molecule has 2 fully saturated rings. The molecule has 1 spiro atoms. The number of amides is 1. The lowest BCUT2D eigenvalue weighted by molar-refractivity contribution is 0.0413. The summed E-state index contributed by atoms with van der Waals surface area (Å²) in [6, 6.07) is 3.75. The SMILES string of the molecule is Cc1ncoc1C(=O)N1CCC2(CC1)COC(COc1cccnc1)C2. The molecule has 0 bridgehead atoms. The molecule has 0 aromatic carbocycles. The van der Waals surface area contributed by atoms with E-state index in [1.807, 2.05) is 17.0 Å². The normalized spacial score (nSPS) is 21.9. The first kappa shape index (κ1) is 17.0. The number of hydrogen-bond acceptors (Lipinski definition) is 6. The van der Waals surface area contributed by atoms with Gasteiger partial charge in [-0.15, -0.1) is 0 Å². The van der Waals surface area contributed by atoms with Gasteiger partial charge in [0.25, 0.3) is 5.91 Å². The molecule has 1 unspecified atom stereocenters. The third kappa shape index (κ3) is 3.44. The summed E-state index contributed by atoms with van der Waals surface area (Å²) in [4.78, 5) is 22.5. The lowest BCUT2D eigenvalue weighted by Gasteiger charge is -2.38. The molecule has 0 N–H and O–H groups in total. The maximum Gasteiger partial charge on any atom is 0.291 e. The van der Waals surface area contributed by atoms with E-state index in [4.69, 9.17) is 13.9 Å². The van der Waals surface area contributed by atoms with E-state index < -0.39 is 0 Å². The van der Waals surface area contributed by atoms with Gasteiger partial charge >= 0.3 is 0 Å². The standard InChI is InChI=1S/C19H23N3O4/c1-14-17(26-13-21-14)18(23)22-7-4-19(5-8-22)9-16(25-12-19)11-24-15-3-2-6-20-10-15/h2-3,6,10,13,16H,4-5,7-9,11-12H2,1H3. The quantitative estimate of drug-likeness (QED) is 0.836. The highest BCUT2D eigenvalue weighted by Gasteiger charge is 2.43. The minimum Gasteiger partial charge on any atom is -0.489 e. The Morgan fingerprint density at radius 3 is 2.96 bits per heavy atom. The molecular weight excluding hydrogens is 334 g/mol. The second kappa shape index (κ2) is 7.07. The smallest absolute Gasteiger partial charge is 0.291 e. The molecule has 0 aliphatic carbocycles. The lowest BCUT2D eigenvalue weighted by atomic mass is 9.76. The molecule has 7 heteroatoms. The van der Waals surface area contributed by atoms with E-state index in [2.05, 4.69) is 9.97 Å². The summed E-state index contributed by atoms with van der Waals surface area (Å²) in [7, 11) is 0. The molecule has 2 aromatic heterocycles. The van der Waals surface area contributed by atoms with Gasteiger partial charge in [0, 0.05) is 19.3 Å². The molecule has 1 atom stereocenters. The fraction of sp³-hybridized carbons (Fsp3) is 0.526. The summed E-state index contributed by atoms with van der Waals surface area (Å²) in [6.45, 7) is 4.50. The van der Waals surface area contributed by atoms with Gasteiger partial charge in [0.2, 0.25) is 5.76 Å². The lowest BCUT2D eigenvalue weighted by Crippen LogP contribution is -2.43. The zero-order chi connectivity index (χ0) is 18.0. The Morgan fingerprint density at radius 2 is 2.27 bits per heavy atom. The predicted molar refractivity (Wildman–Crippen MR) is 92.9 cm³/mol. The maximum absolute atomic E-state index is 12.5. The number of oxazole rings is 1. The molecule has 7 nitrogen and oxygen atoms in total.